The molecule has 0 fully saturated rings. The summed E-state index contributed by atoms with van der Waals surface area (Å²) >= 11 is 17.5. The van der Waals surface area contributed by atoms with Gasteiger partial charge in [-0.1, -0.05) is 72.1 Å². The van der Waals surface area contributed by atoms with Gasteiger partial charge in [-0.05, 0) is 11.5 Å². The van der Waals surface area contributed by atoms with Gasteiger partial charge in [-0.25, -0.2) is 9.78 Å². The van der Waals surface area contributed by atoms with Crippen LogP contribution in [-0.4, -0.2) is 30.0 Å². The first-order chi connectivity index (χ1) is 11.9. The molecule has 5 nitrogen and oxygen atoms in total. The minimum Gasteiger partial charge on any atom is -0.451 e. The van der Waals surface area contributed by atoms with E-state index in [0.717, 1.165) is 5.56 Å². The van der Waals surface area contributed by atoms with Gasteiger partial charge in [-0.3, -0.25) is 4.79 Å². The van der Waals surface area contributed by atoms with Gasteiger partial charge >= 0.3 is 5.97 Å². The van der Waals surface area contributed by atoms with Crippen LogP contribution in [0.5, 0.6) is 0 Å². The molecule has 0 aliphatic rings. The molecule has 0 saturated heterocycles. The van der Waals surface area contributed by atoms with E-state index in [2.05, 4.69) is 10.3 Å². The van der Waals surface area contributed by atoms with Crippen molar-refractivity contribution in [3.8, 4) is 0 Å². The highest BCUT2D eigenvalue weighted by atomic mass is 35.5. The molecule has 1 N–H and O–H groups in total. The summed E-state index contributed by atoms with van der Waals surface area (Å²) in [5.41, 5.74) is 0.910. The van der Waals surface area contributed by atoms with Crippen molar-refractivity contribution in [3.63, 3.8) is 0 Å². The molecule has 0 bridgehead atoms. The number of pyridine rings is 1. The number of benzene rings is 1. The van der Waals surface area contributed by atoms with Crippen LogP contribution in [0.3, 0.4) is 0 Å². The standard InChI is InChI=1S/C17H15Cl3N2O3/c1-10(11-5-3-2-4-6-11)7-21-13(23)9-25-17(24)16-15(20)14(19)12(18)8-22-16/h2-6,8,10H,7,9H2,1H3,(H,21,23)/t10-/m1/s1. The zero-order valence-corrected chi connectivity index (χ0v) is 15.5. The number of carbonyl (C=O) groups is 2. The summed E-state index contributed by atoms with van der Waals surface area (Å²) in [7, 11) is 0. The molecule has 2 aromatic rings. The van der Waals surface area contributed by atoms with Crippen molar-refractivity contribution in [2.24, 2.45) is 0 Å². The first-order valence-corrected chi connectivity index (χ1v) is 8.51. The van der Waals surface area contributed by atoms with Gasteiger partial charge in [0.1, 0.15) is 0 Å². The van der Waals surface area contributed by atoms with Gasteiger partial charge in [0.25, 0.3) is 5.91 Å². The monoisotopic (exact) mass is 400 g/mol. The van der Waals surface area contributed by atoms with Crippen LogP contribution in [0.1, 0.15) is 28.9 Å². The lowest BCUT2D eigenvalue weighted by molar-refractivity contribution is -0.124. The van der Waals surface area contributed by atoms with Gasteiger partial charge in [-0.15, -0.1) is 0 Å². The van der Waals surface area contributed by atoms with E-state index in [4.69, 9.17) is 39.5 Å². The third-order valence-electron chi connectivity index (χ3n) is 3.42. The van der Waals surface area contributed by atoms with Crippen LogP contribution in [0, 0.1) is 0 Å². The lowest BCUT2D eigenvalue weighted by Gasteiger charge is -2.13. The first kappa shape index (κ1) is 19.5. The van der Waals surface area contributed by atoms with Gasteiger partial charge in [0.15, 0.2) is 12.3 Å². The van der Waals surface area contributed by atoms with Crippen molar-refractivity contribution in [1.29, 1.82) is 0 Å². The molecule has 25 heavy (non-hydrogen) atoms. The Hall–Kier alpha value is -1.82. The van der Waals surface area contributed by atoms with Crippen molar-refractivity contribution < 1.29 is 14.3 Å². The Morgan fingerprint density at radius 2 is 1.84 bits per heavy atom. The average Bonchev–Trinajstić information content (AvgIpc) is 2.63. The van der Waals surface area contributed by atoms with Crippen LogP contribution in [0.4, 0.5) is 0 Å². The van der Waals surface area contributed by atoms with Crippen LogP contribution in [0.2, 0.25) is 15.1 Å². The van der Waals surface area contributed by atoms with Crippen molar-refractivity contribution >= 4 is 46.7 Å². The summed E-state index contributed by atoms with van der Waals surface area (Å²) in [5, 5.41) is 2.72. The SMILES string of the molecule is C[C@H](CNC(=O)COC(=O)c1ncc(Cl)c(Cl)c1Cl)c1ccccc1. The number of halogens is 3. The number of ether oxygens (including phenoxy) is 1. The lowest BCUT2D eigenvalue weighted by atomic mass is 10.0. The van der Waals surface area contributed by atoms with E-state index in [-0.39, 0.29) is 26.7 Å². The minimum atomic E-state index is -0.852. The van der Waals surface area contributed by atoms with Crippen LogP contribution in [-0.2, 0) is 9.53 Å². The zero-order chi connectivity index (χ0) is 18.4. The third kappa shape index (κ3) is 5.33. The maximum Gasteiger partial charge on any atom is 0.359 e. The Bertz CT molecular complexity index is 769. The number of hydrogen-bond donors (Lipinski definition) is 1. The van der Waals surface area contributed by atoms with Crippen molar-refractivity contribution in [1.82, 2.24) is 10.3 Å². The summed E-state index contributed by atoms with van der Waals surface area (Å²) in [5.74, 6) is -1.14. The van der Waals surface area contributed by atoms with E-state index in [1.165, 1.54) is 6.20 Å². The molecule has 1 aromatic carbocycles. The van der Waals surface area contributed by atoms with E-state index in [9.17, 15) is 9.59 Å². The molecular formula is C17H15Cl3N2O3. The zero-order valence-electron chi connectivity index (χ0n) is 13.3. The Morgan fingerprint density at radius 3 is 2.52 bits per heavy atom. The fourth-order valence-electron chi connectivity index (χ4n) is 2.00. The Morgan fingerprint density at radius 1 is 1.16 bits per heavy atom. The van der Waals surface area contributed by atoms with Crippen LogP contribution < -0.4 is 5.32 Å². The fraction of sp³-hybridized carbons (Fsp3) is 0.235. The molecule has 1 aromatic heterocycles. The normalized spacial score (nSPS) is 11.7. The van der Waals surface area contributed by atoms with Crippen LogP contribution in [0.25, 0.3) is 0 Å². The summed E-state index contributed by atoms with van der Waals surface area (Å²) < 4.78 is 4.90. The number of esters is 1. The number of nitrogens with zero attached hydrogens (tertiary/aromatic N) is 1. The molecule has 0 saturated carbocycles. The Kier molecular flexibility index (Phi) is 7.05. The molecule has 0 unspecified atom stereocenters. The Labute approximate surface area is 160 Å². The highest BCUT2D eigenvalue weighted by Gasteiger charge is 2.19. The maximum atomic E-state index is 11.9. The van der Waals surface area contributed by atoms with Crippen LogP contribution >= 0.6 is 34.8 Å². The quantitative estimate of drug-likeness (QED) is 0.739. The number of rotatable bonds is 6. The topological polar surface area (TPSA) is 68.3 Å². The number of nitrogens with one attached hydrogen (secondary N) is 1. The second-order valence-corrected chi connectivity index (χ2v) is 6.44. The second-order valence-electron chi connectivity index (χ2n) is 5.27. The molecule has 132 valence electrons. The average molecular weight is 402 g/mol. The molecule has 0 aliphatic carbocycles. The number of aromatic nitrogens is 1. The van der Waals surface area contributed by atoms with E-state index >= 15 is 0 Å². The van der Waals surface area contributed by atoms with E-state index in [1.54, 1.807) is 0 Å². The Balaban J connectivity index is 1.84. The van der Waals surface area contributed by atoms with E-state index in [1.807, 2.05) is 37.3 Å². The smallest absolute Gasteiger partial charge is 0.359 e. The fourth-order valence-corrected chi connectivity index (χ4v) is 2.56. The highest BCUT2D eigenvalue weighted by molar-refractivity contribution is 6.48. The second kappa shape index (κ2) is 9.04. The van der Waals surface area contributed by atoms with Gasteiger partial charge in [0.05, 0.1) is 15.1 Å². The van der Waals surface area contributed by atoms with Gasteiger partial charge < -0.3 is 10.1 Å². The summed E-state index contributed by atoms with van der Waals surface area (Å²) in [6.07, 6.45) is 1.19. The number of amides is 1. The molecule has 2 rings (SSSR count). The van der Waals surface area contributed by atoms with E-state index in [0.29, 0.717) is 6.54 Å². The first-order valence-electron chi connectivity index (χ1n) is 7.38. The van der Waals surface area contributed by atoms with Gasteiger partial charge in [0, 0.05) is 12.7 Å². The van der Waals surface area contributed by atoms with E-state index < -0.39 is 18.5 Å². The predicted octanol–water partition coefficient (Wildman–Crippen LogP) is 4.12. The maximum absolute atomic E-state index is 11.9. The van der Waals surface area contributed by atoms with Gasteiger partial charge in [-0.2, -0.15) is 0 Å². The highest BCUT2D eigenvalue weighted by Crippen LogP contribution is 2.31. The molecule has 0 spiro atoms. The minimum absolute atomic E-state index is 0.00595. The summed E-state index contributed by atoms with van der Waals surface area (Å²) in [4.78, 5) is 27.5. The van der Waals surface area contributed by atoms with Crippen molar-refractivity contribution in [2.45, 2.75) is 12.8 Å². The molecule has 0 radical (unpaired) electrons. The molecule has 8 heteroatoms. The van der Waals surface area contributed by atoms with Gasteiger partial charge in [0.2, 0.25) is 0 Å². The largest absolute Gasteiger partial charge is 0.451 e. The molecule has 0 aliphatic heterocycles. The number of carbonyl (C=O) groups excluding carboxylic acids is 2. The predicted molar refractivity (Wildman–Crippen MR) is 97.4 cm³/mol. The van der Waals surface area contributed by atoms with Crippen molar-refractivity contribution in [2.75, 3.05) is 13.2 Å². The summed E-state index contributed by atoms with van der Waals surface area (Å²) in [6.45, 7) is 1.96. The van der Waals surface area contributed by atoms with Crippen molar-refractivity contribution in [3.05, 3.63) is 62.9 Å². The molecular weight excluding hydrogens is 387 g/mol. The lowest BCUT2D eigenvalue weighted by Crippen LogP contribution is -2.31. The molecule has 1 amide bonds. The third-order valence-corrected chi connectivity index (χ3v) is 4.66. The number of hydrogen-bond acceptors (Lipinski definition) is 4. The molecule has 1 atom stereocenters. The van der Waals surface area contributed by atoms with Crippen LogP contribution in [0.15, 0.2) is 36.5 Å². The molecule has 1 heterocycles. The summed E-state index contributed by atoms with van der Waals surface area (Å²) in [6, 6.07) is 9.76.